The number of nitrogens with one attached hydrogen (secondary N) is 1. The van der Waals surface area contributed by atoms with Crippen LogP contribution in [0.5, 0.6) is 0 Å². The molecule has 6 heteroatoms. The van der Waals surface area contributed by atoms with Gasteiger partial charge in [0.2, 0.25) is 5.95 Å². The van der Waals surface area contributed by atoms with Crippen molar-refractivity contribution in [1.82, 2.24) is 15.0 Å². The van der Waals surface area contributed by atoms with Crippen LogP contribution in [0.2, 0.25) is 5.02 Å². The second-order valence-corrected chi connectivity index (χ2v) is 9.03. The van der Waals surface area contributed by atoms with Gasteiger partial charge in [-0.3, -0.25) is 4.98 Å². The fraction of sp³-hybridized carbons (Fsp3) is 0.545. The first-order valence-electron chi connectivity index (χ1n) is 9.96. The summed E-state index contributed by atoms with van der Waals surface area (Å²) in [5.74, 6) is 1.88. The van der Waals surface area contributed by atoms with Crippen LogP contribution in [0.25, 0.3) is 0 Å². The zero-order valence-corrected chi connectivity index (χ0v) is 17.6. The van der Waals surface area contributed by atoms with Crippen molar-refractivity contribution in [2.24, 2.45) is 17.3 Å². The lowest BCUT2D eigenvalue weighted by Gasteiger charge is -2.40. The van der Waals surface area contributed by atoms with Gasteiger partial charge in [0, 0.05) is 18.9 Å². The van der Waals surface area contributed by atoms with E-state index in [1.54, 1.807) is 12.4 Å². The molecule has 2 aromatic heterocycles. The van der Waals surface area contributed by atoms with Crippen molar-refractivity contribution in [2.45, 2.75) is 52.9 Å². The summed E-state index contributed by atoms with van der Waals surface area (Å²) in [5, 5.41) is 13.4. The van der Waals surface area contributed by atoms with Crippen molar-refractivity contribution >= 4 is 17.5 Å². The molecule has 0 spiro atoms. The highest BCUT2D eigenvalue weighted by atomic mass is 35.5. The molecule has 1 aliphatic carbocycles. The normalized spacial score (nSPS) is 21.1. The largest absolute Gasteiger partial charge is 0.354 e. The molecule has 28 heavy (non-hydrogen) atoms. The molecule has 0 saturated heterocycles. The number of hydrogen-bond donors (Lipinski definition) is 1. The summed E-state index contributed by atoms with van der Waals surface area (Å²) in [6.07, 6.45) is 10.3. The van der Waals surface area contributed by atoms with E-state index in [9.17, 15) is 5.26 Å². The summed E-state index contributed by atoms with van der Waals surface area (Å²) < 4.78 is 0. The standard InChI is InChI=1S/C22H28ClN5/c1-15-4-5-16(10-22(15,2)3)9-20-18(11-24)13-27-21(28-20)26-7-6-17-8-19(23)14-25-12-17/h8,12-16H,4-7,9-10H2,1-3H3,(H,26,27,28)/t15-,16-/m0/s1. The molecular formula is C22H28ClN5. The first-order valence-corrected chi connectivity index (χ1v) is 10.3. The Morgan fingerprint density at radius 3 is 2.82 bits per heavy atom. The summed E-state index contributed by atoms with van der Waals surface area (Å²) >= 11 is 5.98. The minimum Gasteiger partial charge on any atom is -0.354 e. The van der Waals surface area contributed by atoms with E-state index in [2.05, 4.69) is 47.1 Å². The molecule has 2 heterocycles. The Hall–Kier alpha value is -2.19. The Morgan fingerprint density at radius 2 is 2.11 bits per heavy atom. The predicted octanol–water partition coefficient (Wildman–Crippen LogP) is 5.06. The topological polar surface area (TPSA) is 74.5 Å². The number of rotatable bonds is 6. The van der Waals surface area contributed by atoms with Crippen molar-refractivity contribution in [3.05, 3.63) is 46.5 Å². The first kappa shape index (κ1) is 20.5. The highest BCUT2D eigenvalue weighted by Gasteiger charge is 2.34. The average molecular weight is 398 g/mol. The van der Waals surface area contributed by atoms with Gasteiger partial charge in [-0.1, -0.05) is 32.4 Å². The fourth-order valence-electron chi connectivity index (χ4n) is 4.03. The van der Waals surface area contributed by atoms with Crippen molar-refractivity contribution in [3.63, 3.8) is 0 Å². The van der Waals surface area contributed by atoms with Crippen LogP contribution in [0, 0.1) is 28.6 Å². The quantitative estimate of drug-likeness (QED) is 0.737. The summed E-state index contributed by atoms with van der Waals surface area (Å²) in [6, 6.07) is 4.16. The van der Waals surface area contributed by atoms with E-state index in [1.807, 2.05) is 12.3 Å². The van der Waals surface area contributed by atoms with Crippen LogP contribution < -0.4 is 5.32 Å². The Kier molecular flexibility index (Phi) is 6.51. The minimum absolute atomic E-state index is 0.342. The number of nitriles is 1. The lowest BCUT2D eigenvalue weighted by molar-refractivity contribution is 0.107. The number of hydrogen-bond acceptors (Lipinski definition) is 5. The molecule has 0 amide bonds. The van der Waals surface area contributed by atoms with Crippen LogP contribution in [0.1, 0.15) is 56.9 Å². The van der Waals surface area contributed by atoms with E-state index >= 15 is 0 Å². The van der Waals surface area contributed by atoms with Crippen molar-refractivity contribution < 1.29 is 0 Å². The molecule has 2 atom stereocenters. The molecule has 0 bridgehead atoms. The van der Waals surface area contributed by atoms with Gasteiger partial charge in [-0.2, -0.15) is 5.26 Å². The third kappa shape index (κ3) is 5.20. The number of aromatic nitrogens is 3. The molecule has 2 aromatic rings. The second-order valence-electron chi connectivity index (χ2n) is 8.60. The Labute approximate surface area is 172 Å². The molecule has 1 saturated carbocycles. The predicted molar refractivity (Wildman–Crippen MR) is 112 cm³/mol. The second kappa shape index (κ2) is 8.87. The maximum Gasteiger partial charge on any atom is 0.222 e. The number of anilines is 1. The maximum atomic E-state index is 9.46. The molecule has 0 radical (unpaired) electrons. The van der Waals surface area contributed by atoms with Gasteiger partial charge in [0.1, 0.15) is 6.07 Å². The molecule has 0 aliphatic heterocycles. The van der Waals surface area contributed by atoms with Crippen molar-refractivity contribution in [2.75, 3.05) is 11.9 Å². The first-order chi connectivity index (χ1) is 13.4. The smallest absolute Gasteiger partial charge is 0.222 e. The van der Waals surface area contributed by atoms with Crippen LogP contribution in [0.15, 0.2) is 24.7 Å². The molecule has 0 unspecified atom stereocenters. The molecule has 1 aliphatic rings. The monoisotopic (exact) mass is 397 g/mol. The zero-order valence-electron chi connectivity index (χ0n) is 16.9. The molecule has 3 rings (SSSR count). The van der Waals surface area contributed by atoms with Crippen LogP contribution in [-0.2, 0) is 12.8 Å². The lowest BCUT2D eigenvalue weighted by atomic mass is 9.65. The number of halogens is 1. The van der Waals surface area contributed by atoms with Gasteiger partial charge in [0.25, 0.3) is 0 Å². The van der Waals surface area contributed by atoms with Gasteiger partial charge < -0.3 is 5.32 Å². The summed E-state index contributed by atoms with van der Waals surface area (Å²) in [5.41, 5.74) is 2.85. The zero-order chi connectivity index (χ0) is 20.1. The Bertz CT molecular complexity index is 858. The third-order valence-electron chi connectivity index (χ3n) is 6.09. The average Bonchev–Trinajstić information content (AvgIpc) is 2.65. The lowest BCUT2D eigenvalue weighted by Crippen LogP contribution is -2.31. The van der Waals surface area contributed by atoms with E-state index in [-0.39, 0.29) is 0 Å². The van der Waals surface area contributed by atoms with Crippen molar-refractivity contribution in [1.29, 1.82) is 5.26 Å². The van der Waals surface area contributed by atoms with Gasteiger partial charge >= 0.3 is 0 Å². The van der Waals surface area contributed by atoms with Crippen LogP contribution in [-0.4, -0.2) is 21.5 Å². The van der Waals surface area contributed by atoms with Gasteiger partial charge in [-0.05, 0) is 61.0 Å². The fourth-order valence-corrected chi connectivity index (χ4v) is 4.23. The van der Waals surface area contributed by atoms with Gasteiger partial charge in [-0.25, -0.2) is 9.97 Å². The van der Waals surface area contributed by atoms with E-state index in [4.69, 9.17) is 11.6 Å². The highest BCUT2D eigenvalue weighted by Crippen LogP contribution is 2.44. The molecular weight excluding hydrogens is 370 g/mol. The van der Waals surface area contributed by atoms with Gasteiger partial charge in [0.05, 0.1) is 22.5 Å². The van der Waals surface area contributed by atoms with Gasteiger partial charge in [0.15, 0.2) is 0 Å². The van der Waals surface area contributed by atoms with Crippen molar-refractivity contribution in [3.8, 4) is 6.07 Å². The van der Waals surface area contributed by atoms with Crippen LogP contribution in [0.4, 0.5) is 5.95 Å². The summed E-state index contributed by atoms with van der Waals surface area (Å²) in [4.78, 5) is 13.1. The summed E-state index contributed by atoms with van der Waals surface area (Å²) in [6.45, 7) is 7.74. The van der Waals surface area contributed by atoms with Crippen LogP contribution in [0.3, 0.4) is 0 Å². The van der Waals surface area contributed by atoms with E-state index in [0.29, 0.717) is 34.4 Å². The molecule has 1 N–H and O–H groups in total. The minimum atomic E-state index is 0.342. The number of pyridine rings is 1. The molecule has 148 valence electrons. The highest BCUT2D eigenvalue weighted by molar-refractivity contribution is 6.30. The van der Waals surface area contributed by atoms with E-state index < -0.39 is 0 Å². The molecule has 1 fully saturated rings. The number of nitrogens with zero attached hydrogens (tertiary/aromatic N) is 4. The third-order valence-corrected chi connectivity index (χ3v) is 6.29. The van der Waals surface area contributed by atoms with E-state index in [0.717, 1.165) is 30.0 Å². The molecule has 0 aromatic carbocycles. The van der Waals surface area contributed by atoms with E-state index in [1.165, 1.54) is 19.3 Å². The summed E-state index contributed by atoms with van der Waals surface area (Å²) in [7, 11) is 0. The Morgan fingerprint density at radius 1 is 1.29 bits per heavy atom. The maximum absolute atomic E-state index is 9.46. The molecule has 5 nitrogen and oxygen atoms in total. The SMILES string of the molecule is C[C@H]1CC[C@@H](Cc2nc(NCCc3cncc(Cl)c3)ncc2C#N)CC1(C)C. The van der Waals surface area contributed by atoms with Gasteiger partial charge in [-0.15, -0.1) is 0 Å². The Balaban J connectivity index is 1.64. The van der Waals surface area contributed by atoms with Crippen LogP contribution >= 0.6 is 11.6 Å².